The lowest BCUT2D eigenvalue weighted by atomic mass is 10.0. The van der Waals surface area contributed by atoms with E-state index in [2.05, 4.69) is 20.6 Å². The van der Waals surface area contributed by atoms with Crippen LogP contribution in [-0.4, -0.2) is 45.2 Å². The molecule has 8 nitrogen and oxygen atoms in total. The number of benzene rings is 2. The molecule has 1 saturated heterocycles. The van der Waals surface area contributed by atoms with E-state index in [1.165, 1.54) is 0 Å². The van der Waals surface area contributed by atoms with Crippen LogP contribution in [-0.2, 0) is 14.4 Å². The van der Waals surface area contributed by atoms with Crippen LogP contribution >= 0.6 is 0 Å². The maximum atomic E-state index is 13.4. The zero-order valence-electron chi connectivity index (χ0n) is 21.9. The number of H-pyrrole nitrogens is 1. The third-order valence-electron chi connectivity index (χ3n) is 6.91. The van der Waals surface area contributed by atoms with E-state index < -0.39 is 18.0 Å². The highest BCUT2D eigenvalue weighted by Crippen LogP contribution is 2.32. The van der Waals surface area contributed by atoms with Crippen molar-refractivity contribution in [3.05, 3.63) is 66.0 Å². The van der Waals surface area contributed by atoms with Crippen molar-refractivity contribution in [1.82, 2.24) is 25.5 Å². The number of carbonyl (C=O) groups is 3. The van der Waals surface area contributed by atoms with Crippen LogP contribution in [0.25, 0.3) is 11.0 Å². The van der Waals surface area contributed by atoms with Crippen molar-refractivity contribution in [1.29, 1.82) is 0 Å². The molecule has 3 aromatic rings. The van der Waals surface area contributed by atoms with E-state index in [9.17, 15) is 14.4 Å². The molecule has 1 aliphatic rings. The summed E-state index contributed by atoms with van der Waals surface area (Å²) in [7, 11) is 0. The Balaban J connectivity index is 1.47. The molecule has 0 saturated carbocycles. The number of carbonyl (C=O) groups excluding carboxylic acids is 3. The average Bonchev–Trinajstić information content (AvgIpc) is 3.55. The molecular weight excluding hydrogens is 466 g/mol. The zero-order valence-corrected chi connectivity index (χ0v) is 21.9. The lowest BCUT2D eigenvalue weighted by Gasteiger charge is -2.28. The van der Waals surface area contributed by atoms with Crippen LogP contribution in [0.5, 0.6) is 0 Å². The summed E-state index contributed by atoms with van der Waals surface area (Å²) < 4.78 is 0. The SMILES string of the molecule is CC(C)CCC(=O)N[C@@H](CC(=O)N1CCC[C@@H]1c1ccccc1)C(=O)N[C@@H](C)c1nc2ccccc2[nH]1. The number of para-hydroxylation sites is 2. The number of amides is 3. The van der Waals surface area contributed by atoms with Gasteiger partial charge < -0.3 is 20.5 Å². The Morgan fingerprint density at radius 2 is 1.76 bits per heavy atom. The minimum absolute atomic E-state index is 0.0106. The fourth-order valence-electron chi connectivity index (χ4n) is 4.83. The molecule has 0 unspecified atom stereocenters. The van der Waals surface area contributed by atoms with Gasteiger partial charge in [0.25, 0.3) is 0 Å². The van der Waals surface area contributed by atoms with Crippen LogP contribution in [0.4, 0.5) is 0 Å². The van der Waals surface area contributed by atoms with Crippen molar-refractivity contribution in [2.24, 2.45) is 5.92 Å². The molecule has 0 bridgehead atoms. The molecule has 0 aliphatic carbocycles. The Hall–Kier alpha value is -3.68. The van der Waals surface area contributed by atoms with Crippen molar-refractivity contribution in [2.45, 2.75) is 71.0 Å². The molecule has 2 heterocycles. The van der Waals surface area contributed by atoms with Gasteiger partial charge in [0.1, 0.15) is 11.9 Å². The lowest BCUT2D eigenvalue weighted by molar-refractivity contribution is -0.137. The smallest absolute Gasteiger partial charge is 0.243 e. The molecule has 1 fully saturated rings. The molecule has 0 radical (unpaired) electrons. The van der Waals surface area contributed by atoms with E-state index in [1.54, 1.807) is 0 Å². The minimum Gasteiger partial charge on any atom is -0.345 e. The van der Waals surface area contributed by atoms with Crippen LogP contribution in [0.3, 0.4) is 0 Å². The Kier molecular flexibility index (Phi) is 8.58. The monoisotopic (exact) mass is 503 g/mol. The fraction of sp³-hybridized carbons (Fsp3) is 0.448. The summed E-state index contributed by atoms with van der Waals surface area (Å²) in [6, 6.07) is 16.2. The first-order chi connectivity index (χ1) is 17.8. The second-order valence-electron chi connectivity index (χ2n) is 10.3. The van der Waals surface area contributed by atoms with Gasteiger partial charge in [0.15, 0.2) is 0 Å². The second-order valence-corrected chi connectivity index (χ2v) is 10.3. The van der Waals surface area contributed by atoms with Crippen LogP contribution < -0.4 is 10.6 Å². The number of hydrogen-bond acceptors (Lipinski definition) is 4. The van der Waals surface area contributed by atoms with E-state index in [0.717, 1.165) is 29.4 Å². The number of aromatic amines is 1. The summed E-state index contributed by atoms with van der Waals surface area (Å²) in [5, 5.41) is 5.78. The number of nitrogens with zero attached hydrogens (tertiary/aromatic N) is 2. The highest BCUT2D eigenvalue weighted by Gasteiger charge is 2.33. The van der Waals surface area contributed by atoms with Crippen molar-refractivity contribution >= 4 is 28.8 Å². The van der Waals surface area contributed by atoms with E-state index in [-0.39, 0.29) is 24.3 Å². The first-order valence-electron chi connectivity index (χ1n) is 13.2. The number of likely N-dealkylation sites (tertiary alicyclic amines) is 1. The van der Waals surface area contributed by atoms with Gasteiger partial charge in [-0.25, -0.2) is 4.98 Å². The molecule has 1 aromatic heterocycles. The zero-order chi connectivity index (χ0) is 26.4. The number of rotatable bonds is 10. The minimum atomic E-state index is -0.962. The third-order valence-corrected chi connectivity index (χ3v) is 6.91. The van der Waals surface area contributed by atoms with E-state index in [4.69, 9.17) is 0 Å². The molecule has 2 aromatic carbocycles. The summed E-state index contributed by atoms with van der Waals surface area (Å²) in [4.78, 5) is 49.2. The summed E-state index contributed by atoms with van der Waals surface area (Å²) in [5.41, 5.74) is 2.79. The quantitative estimate of drug-likeness (QED) is 0.381. The predicted octanol–water partition coefficient (Wildman–Crippen LogP) is 4.41. The Morgan fingerprint density at radius 1 is 1.03 bits per heavy atom. The summed E-state index contributed by atoms with van der Waals surface area (Å²) in [5.74, 6) is 0.235. The Bertz CT molecular complexity index is 1190. The first kappa shape index (κ1) is 26.4. The Labute approximate surface area is 218 Å². The van der Waals surface area contributed by atoms with Gasteiger partial charge in [-0.05, 0) is 49.8 Å². The van der Waals surface area contributed by atoms with Crippen LogP contribution in [0.1, 0.15) is 76.3 Å². The van der Waals surface area contributed by atoms with Gasteiger partial charge in [0.05, 0.1) is 29.5 Å². The number of hydrogen-bond donors (Lipinski definition) is 3. The lowest BCUT2D eigenvalue weighted by Crippen LogP contribution is -2.50. The predicted molar refractivity (Wildman–Crippen MR) is 143 cm³/mol. The van der Waals surface area contributed by atoms with Gasteiger partial charge in [-0.3, -0.25) is 14.4 Å². The summed E-state index contributed by atoms with van der Waals surface area (Å²) in [6.45, 7) is 6.57. The highest BCUT2D eigenvalue weighted by atomic mass is 16.2. The van der Waals surface area contributed by atoms with Crippen LogP contribution in [0, 0.1) is 5.92 Å². The van der Waals surface area contributed by atoms with Gasteiger partial charge in [-0.1, -0.05) is 56.3 Å². The van der Waals surface area contributed by atoms with Gasteiger partial charge in [0.2, 0.25) is 17.7 Å². The van der Waals surface area contributed by atoms with Crippen LogP contribution in [0.2, 0.25) is 0 Å². The van der Waals surface area contributed by atoms with Gasteiger partial charge in [-0.15, -0.1) is 0 Å². The van der Waals surface area contributed by atoms with E-state index in [0.29, 0.717) is 31.1 Å². The summed E-state index contributed by atoms with van der Waals surface area (Å²) >= 11 is 0. The summed E-state index contributed by atoms with van der Waals surface area (Å²) in [6.07, 6.45) is 2.73. The van der Waals surface area contributed by atoms with E-state index in [1.807, 2.05) is 80.3 Å². The van der Waals surface area contributed by atoms with Crippen molar-refractivity contribution in [3.8, 4) is 0 Å². The van der Waals surface area contributed by atoms with Crippen molar-refractivity contribution in [2.75, 3.05) is 6.54 Å². The van der Waals surface area contributed by atoms with Crippen LogP contribution in [0.15, 0.2) is 54.6 Å². The molecule has 196 valence electrons. The molecule has 3 atom stereocenters. The van der Waals surface area contributed by atoms with Crippen molar-refractivity contribution < 1.29 is 14.4 Å². The van der Waals surface area contributed by atoms with Gasteiger partial charge in [-0.2, -0.15) is 0 Å². The largest absolute Gasteiger partial charge is 0.345 e. The normalized spacial score (nSPS) is 17.1. The fourth-order valence-corrected chi connectivity index (χ4v) is 4.83. The first-order valence-corrected chi connectivity index (χ1v) is 13.2. The molecule has 4 rings (SSSR count). The molecule has 3 amide bonds. The Morgan fingerprint density at radius 3 is 2.49 bits per heavy atom. The topological polar surface area (TPSA) is 107 Å². The molecule has 37 heavy (non-hydrogen) atoms. The molecule has 3 N–H and O–H groups in total. The standard InChI is InChI=1S/C29H37N5O3/c1-19(2)15-16-26(35)31-24(18-27(36)34-17-9-14-25(34)21-10-5-4-6-11-21)29(37)30-20(3)28-32-22-12-7-8-13-23(22)33-28/h4-8,10-13,19-20,24-25H,9,14-18H2,1-3H3,(H,30,37)(H,31,35)(H,32,33)/t20-,24-,25+/m0/s1. The molecule has 0 spiro atoms. The van der Waals surface area contributed by atoms with Gasteiger partial charge >= 0.3 is 0 Å². The highest BCUT2D eigenvalue weighted by molar-refractivity contribution is 5.92. The second kappa shape index (κ2) is 12.0. The maximum absolute atomic E-state index is 13.4. The van der Waals surface area contributed by atoms with Gasteiger partial charge in [0, 0.05) is 13.0 Å². The van der Waals surface area contributed by atoms with E-state index >= 15 is 0 Å². The molecule has 1 aliphatic heterocycles. The average molecular weight is 504 g/mol. The third kappa shape index (κ3) is 6.76. The van der Waals surface area contributed by atoms with Crippen molar-refractivity contribution in [3.63, 3.8) is 0 Å². The molecule has 8 heteroatoms. The number of nitrogens with one attached hydrogen (secondary N) is 3. The number of aromatic nitrogens is 2. The number of fused-ring (bicyclic) bond motifs is 1. The molecular formula is C29H37N5O3. The maximum Gasteiger partial charge on any atom is 0.243 e. The number of imidazole rings is 1.